The molecule has 1 aromatic carbocycles. The maximum absolute atomic E-state index is 13.3. The highest BCUT2D eigenvalue weighted by Crippen LogP contribution is 2.42. The Kier molecular flexibility index (Phi) is 3.36. The number of hydrogen-bond acceptors (Lipinski definition) is 4. The molecule has 0 amide bonds. The van der Waals surface area contributed by atoms with Crippen LogP contribution >= 0.6 is 0 Å². The number of carbonyl (C=O) groups is 1. The predicted octanol–water partition coefficient (Wildman–Crippen LogP) is 2.04. The Labute approximate surface area is 118 Å². The summed E-state index contributed by atoms with van der Waals surface area (Å²) in [7, 11) is 0. The second-order valence-electron chi connectivity index (χ2n) is 5.08. The van der Waals surface area contributed by atoms with Gasteiger partial charge in [-0.3, -0.25) is 4.79 Å². The van der Waals surface area contributed by atoms with Gasteiger partial charge < -0.3 is 5.11 Å². The van der Waals surface area contributed by atoms with Crippen LogP contribution < -0.4 is 0 Å². The third kappa shape index (κ3) is 2.74. The van der Waals surface area contributed by atoms with E-state index < -0.39 is 17.6 Å². The lowest BCUT2D eigenvalue weighted by atomic mass is 10.1. The molecule has 1 fully saturated rings. The highest BCUT2D eigenvalue weighted by atomic mass is 19.2. The van der Waals surface area contributed by atoms with Crippen LogP contribution in [0.5, 0.6) is 0 Å². The van der Waals surface area contributed by atoms with Crippen LogP contribution in [0.15, 0.2) is 18.2 Å². The Balaban J connectivity index is 1.98. The van der Waals surface area contributed by atoms with Crippen LogP contribution in [-0.4, -0.2) is 31.3 Å². The first-order valence-corrected chi connectivity index (χ1v) is 6.51. The normalized spacial score (nSPS) is 15.9. The van der Waals surface area contributed by atoms with E-state index in [0.29, 0.717) is 5.56 Å². The molecular formula is C13H12F2N4O2. The van der Waals surface area contributed by atoms with Crippen molar-refractivity contribution in [2.75, 3.05) is 0 Å². The molecular weight excluding hydrogens is 282 g/mol. The van der Waals surface area contributed by atoms with E-state index in [1.165, 1.54) is 10.7 Å². The van der Waals surface area contributed by atoms with Crippen LogP contribution in [0.4, 0.5) is 8.78 Å². The van der Waals surface area contributed by atoms with Gasteiger partial charge in [-0.15, -0.1) is 5.10 Å². The van der Waals surface area contributed by atoms with Gasteiger partial charge in [0.25, 0.3) is 0 Å². The van der Waals surface area contributed by atoms with Crippen molar-refractivity contribution >= 4 is 5.97 Å². The summed E-state index contributed by atoms with van der Waals surface area (Å²) in [6, 6.07) is 2.99. The van der Waals surface area contributed by atoms with Gasteiger partial charge in [0.2, 0.25) is 0 Å². The molecule has 1 unspecified atom stereocenters. The topological polar surface area (TPSA) is 80.9 Å². The molecule has 8 heteroatoms. The minimum absolute atomic E-state index is 0.105. The molecule has 2 aromatic rings. The number of aromatic nitrogens is 4. The molecule has 110 valence electrons. The number of nitrogens with zero attached hydrogens (tertiary/aromatic N) is 4. The summed E-state index contributed by atoms with van der Waals surface area (Å²) in [5, 5.41) is 20.2. The molecule has 1 atom stereocenters. The highest BCUT2D eigenvalue weighted by molar-refractivity contribution is 5.67. The molecule has 1 aromatic heterocycles. The SMILES string of the molecule is O=C(O)CC(C1CC1)n1nnnc1-c1ccc(F)c(F)c1. The van der Waals surface area contributed by atoms with Gasteiger partial charge in [-0.05, 0) is 47.4 Å². The molecule has 0 aliphatic heterocycles. The Hall–Kier alpha value is -2.38. The van der Waals surface area contributed by atoms with E-state index in [4.69, 9.17) is 5.11 Å². The third-order valence-electron chi connectivity index (χ3n) is 3.53. The first-order chi connectivity index (χ1) is 10.1. The standard InChI is InChI=1S/C13H12F2N4O2/c14-9-4-3-8(5-10(9)15)13-16-17-18-19(13)11(6-12(20)21)7-1-2-7/h3-5,7,11H,1-2,6H2,(H,20,21). The van der Waals surface area contributed by atoms with Gasteiger partial charge in [0.05, 0.1) is 12.5 Å². The van der Waals surface area contributed by atoms with Crippen molar-refractivity contribution in [3.05, 3.63) is 29.8 Å². The summed E-state index contributed by atoms with van der Waals surface area (Å²) in [6.45, 7) is 0. The maximum atomic E-state index is 13.3. The molecule has 0 radical (unpaired) electrons. The van der Waals surface area contributed by atoms with Crippen LogP contribution in [0.1, 0.15) is 25.3 Å². The maximum Gasteiger partial charge on any atom is 0.305 e. The third-order valence-corrected chi connectivity index (χ3v) is 3.53. The zero-order valence-corrected chi connectivity index (χ0v) is 10.9. The minimum Gasteiger partial charge on any atom is -0.481 e. The van der Waals surface area contributed by atoms with Gasteiger partial charge in [0, 0.05) is 5.56 Å². The fourth-order valence-corrected chi connectivity index (χ4v) is 2.35. The minimum atomic E-state index is -0.997. The molecule has 0 saturated heterocycles. The Morgan fingerprint density at radius 3 is 2.76 bits per heavy atom. The van der Waals surface area contributed by atoms with E-state index in [0.717, 1.165) is 25.0 Å². The van der Waals surface area contributed by atoms with Crippen LogP contribution in [-0.2, 0) is 4.79 Å². The van der Waals surface area contributed by atoms with Gasteiger partial charge in [-0.2, -0.15) is 0 Å². The number of hydrogen-bond donors (Lipinski definition) is 1. The Bertz CT molecular complexity index is 685. The van der Waals surface area contributed by atoms with Crippen LogP contribution in [0.3, 0.4) is 0 Å². The lowest BCUT2D eigenvalue weighted by Gasteiger charge is -2.15. The molecule has 1 saturated carbocycles. The largest absolute Gasteiger partial charge is 0.481 e. The van der Waals surface area contributed by atoms with Crippen LogP contribution in [0.25, 0.3) is 11.4 Å². The fourth-order valence-electron chi connectivity index (χ4n) is 2.35. The number of aliphatic carboxylic acids is 1. The molecule has 1 aliphatic carbocycles. The van der Waals surface area contributed by atoms with Gasteiger partial charge in [-0.25, -0.2) is 13.5 Å². The van der Waals surface area contributed by atoms with Gasteiger partial charge in [-0.1, -0.05) is 0 Å². The van der Waals surface area contributed by atoms with E-state index in [1.807, 2.05) is 0 Å². The number of halogens is 2. The van der Waals surface area contributed by atoms with Crippen molar-refractivity contribution in [1.29, 1.82) is 0 Å². The smallest absolute Gasteiger partial charge is 0.305 e. The molecule has 0 spiro atoms. The van der Waals surface area contributed by atoms with Crippen molar-refractivity contribution in [2.24, 2.45) is 5.92 Å². The summed E-state index contributed by atoms with van der Waals surface area (Å²) < 4.78 is 27.7. The summed E-state index contributed by atoms with van der Waals surface area (Å²) >= 11 is 0. The Morgan fingerprint density at radius 2 is 2.14 bits per heavy atom. The molecule has 1 heterocycles. The summed E-state index contributed by atoms with van der Waals surface area (Å²) in [5.41, 5.74) is 0.315. The zero-order chi connectivity index (χ0) is 15.0. The number of carboxylic acid groups (broad SMARTS) is 1. The molecule has 21 heavy (non-hydrogen) atoms. The van der Waals surface area contributed by atoms with Crippen LogP contribution in [0.2, 0.25) is 0 Å². The molecule has 0 bridgehead atoms. The lowest BCUT2D eigenvalue weighted by molar-refractivity contribution is -0.138. The average molecular weight is 294 g/mol. The number of benzene rings is 1. The number of carboxylic acids is 1. The Morgan fingerprint density at radius 1 is 1.38 bits per heavy atom. The molecule has 6 nitrogen and oxygen atoms in total. The number of tetrazole rings is 1. The lowest BCUT2D eigenvalue weighted by Crippen LogP contribution is -2.18. The molecule has 1 N–H and O–H groups in total. The van der Waals surface area contributed by atoms with E-state index in [2.05, 4.69) is 15.5 Å². The molecule has 3 rings (SSSR count). The summed E-state index contributed by atoms with van der Waals surface area (Å²) in [6.07, 6.45) is 1.72. The van der Waals surface area contributed by atoms with Crippen molar-refractivity contribution in [1.82, 2.24) is 20.2 Å². The quantitative estimate of drug-likeness (QED) is 0.912. The van der Waals surface area contributed by atoms with Gasteiger partial charge in [0.15, 0.2) is 17.5 Å². The van der Waals surface area contributed by atoms with Gasteiger partial charge >= 0.3 is 5.97 Å². The van der Waals surface area contributed by atoms with Crippen LogP contribution in [0, 0.1) is 17.6 Å². The predicted molar refractivity (Wildman–Crippen MR) is 67.2 cm³/mol. The average Bonchev–Trinajstić information content (AvgIpc) is 3.16. The highest BCUT2D eigenvalue weighted by Gasteiger charge is 2.36. The van der Waals surface area contributed by atoms with Gasteiger partial charge in [0.1, 0.15) is 0 Å². The first-order valence-electron chi connectivity index (χ1n) is 6.51. The van der Waals surface area contributed by atoms with E-state index in [9.17, 15) is 13.6 Å². The van der Waals surface area contributed by atoms with Crippen molar-refractivity contribution in [2.45, 2.75) is 25.3 Å². The number of rotatable bonds is 5. The fraction of sp³-hybridized carbons (Fsp3) is 0.385. The zero-order valence-electron chi connectivity index (χ0n) is 10.9. The van der Waals surface area contributed by atoms with E-state index in [-0.39, 0.29) is 24.2 Å². The van der Waals surface area contributed by atoms with Crippen molar-refractivity contribution in [3.63, 3.8) is 0 Å². The second-order valence-corrected chi connectivity index (χ2v) is 5.08. The van der Waals surface area contributed by atoms with Crippen molar-refractivity contribution in [3.8, 4) is 11.4 Å². The summed E-state index contributed by atoms with van der Waals surface area (Å²) in [4.78, 5) is 11.0. The van der Waals surface area contributed by atoms with E-state index in [1.54, 1.807) is 0 Å². The summed E-state index contributed by atoms with van der Waals surface area (Å²) in [5.74, 6) is -2.45. The monoisotopic (exact) mass is 294 g/mol. The van der Waals surface area contributed by atoms with Crippen molar-refractivity contribution < 1.29 is 18.7 Å². The molecule has 1 aliphatic rings. The first kappa shape index (κ1) is 13.6. The second kappa shape index (κ2) is 5.19. The van der Waals surface area contributed by atoms with E-state index >= 15 is 0 Å².